The third-order valence-electron chi connectivity index (χ3n) is 3.86. The topological polar surface area (TPSA) is 55.8 Å². The van der Waals surface area contributed by atoms with E-state index in [2.05, 4.69) is 0 Å². The summed E-state index contributed by atoms with van der Waals surface area (Å²) in [5.74, 6) is -0.333. The van der Waals surface area contributed by atoms with Crippen molar-refractivity contribution in [2.24, 2.45) is 0 Å². The van der Waals surface area contributed by atoms with Gasteiger partial charge in [0.05, 0.1) is 19.8 Å². The maximum absolute atomic E-state index is 13.2. The van der Waals surface area contributed by atoms with Crippen LogP contribution in [0.25, 0.3) is 21.9 Å². The molecule has 0 radical (unpaired) electrons. The highest BCUT2D eigenvalue weighted by atomic mass is 19.1. The summed E-state index contributed by atoms with van der Waals surface area (Å²) in [5.41, 5.74) is 1.55. The SMILES string of the molecule is COc1cc2cc(C(=O)O)cc(-c3ccc(F)cc3)c2cc1OC. The molecule has 0 bridgehead atoms. The van der Waals surface area contributed by atoms with Crippen molar-refractivity contribution in [1.29, 1.82) is 0 Å². The fraction of sp³-hybridized carbons (Fsp3) is 0.105. The van der Waals surface area contributed by atoms with Crippen molar-refractivity contribution >= 4 is 16.7 Å². The Labute approximate surface area is 138 Å². The van der Waals surface area contributed by atoms with Gasteiger partial charge in [-0.3, -0.25) is 0 Å². The van der Waals surface area contributed by atoms with Gasteiger partial charge in [-0.15, -0.1) is 0 Å². The van der Waals surface area contributed by atoms with Gasteiger partial charge in [-0.25, -0.2) is 9.18 Å². The number of carboxylic acid groups (broad SMARTS) is 1. The van der Waals surface area contributed by atoms with E-state index < -0.39 is 5.97 Å². The van der Waals surface area contributed by atoms with Crippen LogP contribution < -0.4 is 9.47 Å². The molecule has 4 nitrogen and oxygen atoms in total. The summed E-state index contributed by atoms with van der Waals surface area (Å²) in [6, 6.07) is 12.6. The second kappa shape index (κ2) is 6.20. The lowest BCUT2D eigenvalue weighted by Crippen LogP contribution is -1.98. The first-order chi connectivity index (χ1) is 11.5. The highest BCUT2D eigenvalue weighted by Gasteiger charge is 2.14. The van der Waals surface area contributed by atoms with E-state index >= 15 is 0 Å². The molecule has 3 rings (SSSR count). The number of carbonyl (C=O) groups is 1. The Morgan fingerprint density at radius 1 is 0.958 bits per heavy atom. The molecule has 3 aromatic carbocycles. The highest BCUT2D eigenvalue weighted by molar-refractivity contribution is 6.03. The first-order valence-corrected chi connectivity index (χ1v) is 7.22. The molecular formula is C19H15FO4. The van der Waals surface area contributed by atoms with E-state index in [9.17, 15) is 14.3 Å². The summed E-state index contributed by atoms with van der Waals surface area (Å²) in [6.45, 7) is 0. The maximum atomic E-state index is 13.2. The number of aromatic carboxylic acids is 1. The average Bonchev–Trinajstić information content (AvgIpc) is 2.60. The molecule has 122 valence electrons. The van der Waals surface area contributed by atoms with Crippen LogP contribution in [0, 0.1) is 5.82 Å². The second-order valence-electron chi connectivity index (χ2n) is 5.26. The minimum Gasteiger partial charge on any atom is -0.493 e. The van der Waals surface area contributed by atoms with Crippen LogP contribution in [0.4, 0.5) is 4.39 Å². The molecular weight excluding hydrogens is 311 g/mol. The lowest BCUT2D eigenvalue weighted by atomic mass is 9.95. The van der Waals surface area contributed by atoms with Crippen LogP contribution in [0.5, 0.6) is 11.5 Å². The Morgan fingerprint density at radius 3 is 2.17 bits per heavy atom. The number of hydrogen-bond donors (Lipinski definition) is 1. The van der Waals surface area contributed by atoms with Gasteiger partial charge < -0.3 is 14.6 Å². The number of fused-ring (bicyclic) bond motifs is 1. The lowest BCUT2D eigenvalue weighted by molar-refractivity contribution is 0.0697. The van der Waals surface area contributed by atoms with Crippen molar-refractivity contribution in [1.82, 2.24) is 0 Å². The summed E-state index contributed by atoms with van der Waals surface area (Å²) in [7, 11) is 3.05. The molecule has 3 aromatic rings. The van der Waals surface area contributed by atoms with E-state index in [1.165, 1.54) is 26.4 Å². The molecule has 24 heavy (non-hydrogen) atoms. The fourth-order valence-electron chi connectivity index (χ4n) is 2.68. The van der Waals surface area contributed by atoms with Crippen LogP contribution in [-0.2, 0) is 0 Å². The molecule has 0 saturated heterocycles. The third-order valence-corrected chi connectivity index (χ3v) is 3.86. The van der Waals surface area contributed by atoms with Gasteiger partial charge in [-0.05, 0) is 58.3 Å². The molecule has 1 N–H and O–H groups in total. The van der Waals surface area contributed by atoms with Crippen LogP contribution in [0.1, 0.15) is 10.4 Å². The zero-order chi connectivity index (χ0) is 17.3. The lowest BCUT2D eigenvalue weighted by Gasteiger charge is -2.13. The summed E-state index contributed by atoms with van der Waals surface area (Å²) in [5, 5.41) is 10.9. The highest BCUT2D eigenvalue weighted by Crippen LogP contribution is 2.38. The predicted octanol–water partition coefficient (Wildman–Crippen LogP) is 4.36. The molecule has 0 unspecified atom stereocenters. The number of carboxylic acids is 1. The van der Waals surface area contributed by atoms with Crippen LogP contribution in [0.15, 0.2) is 48.5 Å². The molecule has 0 aliphatic heterocycles. The van der Waals surface area contributed by atoms with E-state index in [1.54, 1.807) is 36.4 Å². The molecule has 0 spiro atoms. The van der Waals surface area contributed by atoms with Crippen LogP contribution >= 0.6 is 0 Å². The van der Waals surface area contributed by atoms with E-state index in [1.807, 2.05) is 0 Å². The fourth-order valence-corrected chi connectivity index (χ4v) is 2.68. The molecule has 0 heterocycles. The smallest absolute Gasteiger partial charge is 0.335 e. The van der Waals surface area contributed by atoms with Crippen molar-refractivity contribution in [3.8, 4) is 22.6 Å². The van der Waals surface area contributed by atoms with Crippen molar-refractivity contribution in [2.75, 3.05) is 14.2 Å². The van der Waals surface area contributed by atoms with Crippen molar-refractivity contribution < 1.29 is 23.8 Å². The zero-order valence-electron chi connectivity index (χ0n) is 13.2. The number of halogens is 1. The van der Waals surface area contributed by atoms with E-state index in [-0.39, 0.29) is 11.4 Å². The minimum absolute atomic E-state index is 0.147. The van der Waals surface area contributed by atoms with Gasteiger partial charge >= 0.3 is 5.97 Å². The number of rotatable bonds is 4. The quantitative estimate of drug-likeness (QED) is 0.774. The summed E-state index contributed by atoms with van der Waals surface area (Å²) in [6.07, 6.45) is 0. The molecule has 0 saturated carbocycles. The van der Waals surface area contributed by atoms with Gasteiger partial charge in [0.1, 0.15) is 5.82 Å². The van der Waals surface area contributed by atoms with Gasteiger partial charge in [-0.2, -0.15) is 0 Å². The Balaban J connectivity index is 2.36. The minimum atomic E-state index is -1.03. The number of hydrogen-bond acceptors (Lipinski definition) is 3. The normalized spacial score (nSPS) is 10.6. The summed E-state index contributed by atoms with van der Waals surface area (Å²) < 4.78 is 23.8. The standard InChI is InChI=1S/C19H15FO4/c1-23-17-9-12-7-13(19(21)22)8-15(16(12)10-18(17)24-2)11-3-5-14(20)6-4-11/h3-10H,1-2H3,(H,21,22). The Hall–Kier alpha value is -3.08. The van der Waals surface area contributed by atoms with Gasteiger partial charge in [0.25, 0.3) is 0 Å². The molecule has 5 heteroatoms. The first-order valence-electron chi connectivity index (χ1n) is 7.22. The van der Waals surface area contributed by atoms with E-state index in [4.69, 9.17) is 9.47 Å². The number of ether oxygens (including phenoxy) is 2. The van der Waals surface area contributed by atoms with Gasteiger partial charge in [0.2, 0.25) is 0 Å². The van der Waals surface area contributed by atoms with Crippen LogP contribution in [-0.4, -0.2) is 25.3 Å². The largest absolute Gasteiger partial charge is 0.493 e. The second-order valence-corrected chi connectivity index (χ2v) is 5.26. The van der Waals surface area contributed by atoms with Gasteiger partial charge in [0.15, 0.2) is 11.5 Å². The molecule has 0 aromatic heterocycles. The van der Waals surface area contributed by atoms with Crippen molar-refractivity contribution in [2.45, 2.75) is 0 Å². The molecule has 0 amide bonds. The Morgan fingerprint density at radius 2 is 1.58 bits per heavy atom. The molecule has 0 fully saturated rings. The molecule has 0 aliphatic rings. The average molecular weight is 326 g/mol. The monoisotopic (exact) mass is 326 g/mol. The Kier molecular flexibility index (Phi) is 4.08. The number of methoxy groups -OCH3 is 2. The Bertz CT molecular complexity index is 917. The van der Waals surface area contributed by atoms with Crippen LogP contribution in [0.2, 0.25) is 0 Å². The summed E-state index contributed by atoms with van der Waals surface area (Å²) in [4.78, 5) is 11.4. The number of benzene rings is 3. The molecule has 0 aliphatic carbocycles. The summed E-state index contributed by atoms with van der Waals surface area (Å²) >= 11 is 0. The molecule has 0 atom stereocenters. The van der Waals surface area contributed by atoms with E-state index in [0.717, 1.165) is 10.9 Å². The predicted molar refractivity (Wildman–Crippen MR) is 89.4 cm³/mol. The van der Waals surface area contributed by atoms with Crippen LogP contribution in [0.3, 0.4) is 0 Å². The van der Waals surface area contributed by atoms with Gasteiger partial charge in [-0.1, -0.05) is 12.1 Å². The maximum Gasteiger partial charge on any atom is 0.335 e. The van der Waals surface area contributed by atoms with Crippen molar-refractivity contribution in [3.05, 3.63) is 59.9 Å². The zero-order valence-corrected chi connectivity index (χ0v) is 13.2. The van der Waals surface area contributed by atoms with Crippen molar-refractivity contribution in [3.63, 3.8) is 0 Å². The third kappa shape index (κ3) is 2.76. The van der Waals surface area contributed by atoms with E-state index in [0.29, 0.717) is 22.4 Å². The first kappa shape index (κ1) is 15.8. The van der Waals surface area contributed by atoms with Gasteiger partial charge in [0, 0.05) is 0 Å².